The quantitative estimate of drug-likeness (QED) is 0.683. The number of piperidine rings is 1. The number of aliphatic carboxylic acids is 1. The third-order valence-electron chi connectivity index (χ3n) is 3.25. The largest absolute Gasteiger partial charge is 0.481 e. The number of allylic oxidation sites excluding steroid dienone is 3. The first kappa shape index (κ1) is 10.5. The number of hydrogen-bond donors (Lipinski definition) is 1. The number of rotatable bonds is 2. The van der Waals surface area contributed by atoms with Crippen molar-refractivity contribution in [2.75, 3.05) is 6.54 Å². The molecule has 4 heteroatoms. The second-order valence-corrected chi connectivity index (χ2v) is 4.16. The highest BCUT2D eigenvalue weighted by atomic mass is 16.4. The van der Waals surface area contributed by atoms with Crippen LogP contribution in [0.1, 0.15) is 19.3 Å². The van der Waals surface area contributed by atoms with Gasteiger partial charge in [0.25, 0.3) is 0 Å². The summed E-state index contributed by atoms with van der Waals surface area (Å²) in [7, 11) is 5.85. The van der Waals surface area contributed by atoms with E-state index in [0.29, 0.717) is 5.92 Å². The van der Waals surface area contributed by atoms with Gasteiger partial charge in [-0.25, -0.2) is 0 Å². The normalized spacial score (nSPS) is 30.8. The van der Waals surface area contributed by atoms with Crippen LogP contribution in [0.4, 0.5) is 0 Å². The zero-order chi connectivity index (χ0) is 10.8. The molecule has 1 aliphatic heterocycles. The van der Waals surface area contributed by atoms with Crippen LogP contribution in [-0.2, 0) is 4.79 Å². The maximum Gasteiger partial charge on any atom is 0.304 e. The summed E-state index contributed by atoms with van der Waals surface area (Å²) in [6, 6.07) is -0.0487. The van der Waals surface area contributed by atoms with Crippen LogP contribution in [0.2, 0.25) is 0 Å². The van der Waals surface area contributed by atoms with Crippen LogP contribution in [0.25, 0.3) is 0 Å². The van der Waals surface area contributed by atoms with Crippen molar-refractivity contribution < 1.29 is 9.90 Å². The number of carboxylic acids is 1. The zero-order valence-electron chi connectivity index (χ0n) is 8.60. The van der Waals surface area contributed by atoms with Crippen LogP contribution in [0, 0.1) is 5.92 Å². The van der Waals surface area contributed by atoms with Gasteiger partial charge in [0, 0.05) is 6.04 Å². The van der Waals surface area contributed by atoms with E-state index in [0.717, 1.165) is 19.4 Å². The minimum Gasteiger partial charge on any atom is -0.481 e. The van der Waals surface area contributed by atoms with Crippen molar-refractivity contribution in [2.24, 2.45) is 5.92 Å². The molecule has 0 spiro atoms. The molecule has 0 amide bonds. The Kier molecular flexibility index (Phi) is 2.96. The lowest BCUT2D eigenvalue weighted by Gasteiger charge is -2.41. The first-order valence-corrected chi connectivity index (χ1v) is 5.27. The molecule has 0 aromatic heterocycles. The van der Waals surface area contributed by atoms with Gasteiger partial charge in [-0.15, -0.1) is 0 Å². The molecule has 78 valence electrons. The van der Waals surface area contributed by atoms with Crippen LogP contribution < -0.4 is 0 Å². The molecule has 0 saturated carbocycles. The van der Waals surface area contributed by atoms with Crippen LogP contribution in [0.5, 0.6) is 0 Å². The summed E-state index contributed by atoms with van der Waals surface area (Å²) in [5, 5.41) is 8.85. The van der Waals surface area contributed by atoms with E-state index in [2.05, 4.69) is 18.2 Å². The third kappa shape index (κ3) is 2.15. The highest BCUT2D eigenvalue weighted by Gasteiger charge is 2.33. The van der Waals surface area contributed by atoms with Gasteiger partial charge in [-0.05, 0) is 25.3 Å². The van der Waals surface area contributed by atoms with Gasteiger partial charge < -0.3 is 9.92 Å². The molecule has 15 heavy (non-hydrogen) atoms. The van der Waals surface area contributed by atoms with Gasteiger partial charge in [0.2, 0.25) is 0 Å². The summed E-state index contributed by atoms with van der Waals surface area (Å²) in [6.45, 7) is 0.758. The topological polar surface area (TPSA) is 40.5 Å². The van der Waals surface area contributed by atoms with Crippen LogP contribution in [0.15, 0.2) is 23.8 Å². The SMILES string of the molecule is [B]N1CCC2=CC=CCC2C1CC(=O)O. The monoisotopic (exact) mass is 203 g/mol. The molecule has 1 saturated heterocycles. The molecule has 2 aliphatic rings. The fourth-order valence-electron chi connectivity index (χ4n) is 2.46. The van der Waals surface area contributed by atoms with Crippen molar-refractivity contribution in [3.63, 3.8) is 0 Å². The summed E-state index contributed by atoms with van der Waals surface area (Å²) in [4.78, 5) is 12.5. The predicted octanol–water partition coefficient (Wildman–Crippen LogP) is 1.12. The molecule has 0 bridgehead atoms. The summed E-state index contributed by atoms with van der Waals surface area (Å²) >= 11 is 0. The Balaban J connectivity index is 2.15. The number of fused-ring (bicyclic) bond motifs is 1. The molecular weight excluding hydrogens is 189 g/mol. The van der Waals surface area contributed by atoms with Crippen molar-refractivity contribution in [1.82, 2.24) is 4.81 Å². The lowest BCUT2D eigenvalue weighted by Crippen LogP contribution is -2.46. The summed E-state index contributed by atoms with van der Waals surface area (Å²) in [5.41, 5.74) is 1.35. The third-order valence-corrected chi connectivity index (χ3v) is 3.25. The van der Waals surface area contributed by atoms with Crippen molar-refractivity contribution in [2.45, 2.75) is 25.3 Å². The maximum absolute atomic E-state index is 10.8. The average Bonchev–Trinajstić information content (AvgIpc) is 2.22. The molecule has 1 aliphatic carbocycles. The highest BCUT2D eigenvalue weighted by Crippen LogP contribution is 2.34. The minimum absolute atomic E-state index is 0.0487. The molecule has 2 radical (unpaired) electrons. The van der Waals surface area contributed by atoms with E-state index in [9.17, 15) is 4.79 Å². The van der Waals surface area contributed by atoms with Crippen molar-refractivity contribution in [3.05, 3.63) is 23.8 Å². The van der Waals surface area contributed by atoms with Gasteiger partial charge in [-0.3, -0.25) is 4.79 Å². The first-order chi connectivity index (χ1) is 7.18. The zero-order valence-corrected chi connectivity index (χ0v) is 8.60. The average molecular weight is 203 g/mol. The second-order valence-electron chi connectivity index (χ2n) is 4.16. The van der Waals surface area contributed by atoms with E-state index in [1.165, 1.54) is 5.57 Å². The van der Waals surface area contributed by atoms with Crippen molar-refractivity contribution in [1.29, 1.82) is 0 Å². The van der Waals surface area contributed by atoms with Gasteiger partial charge in [0.1, 0.15) is 0 Å². The fraction of sp³-hybridized carbons (Fsp3) is 0.545. The Morgan fingerprint density at radius 2 is 2.47 bits per heavy atom. The van der Waals surface area contributed by atoms with E-state index in [-0.39, 0.29) is 12.5 Å². The molecule has 0 aromatic rings. The highest BCUT2D eigenvalue weighted by molar-refractivity contribution is 6.04. The Labute approximate surface area is 90.9 Å². The molecule has 0 aromatic carbocycles. The van der Waals surface area contributed by atoms with E-state index >= 15 is 0 Å². The van der Waals surface area contributed by atoms with E-state index in [1.54, 1.807) is 4.81 Å². The Morgan fingerprint density at radius 1 is 1.67 bits per heavy atom. The van der Waals surface area contributed by atoms with Gasteiger partial charge in [0.15, 0.2) is 7.98 Å². The number of carboxylic acid groups (broad SMARTS) is 1. The summed E-state index contributed by atoms with van der Waals surface area (Å²) < 4.78 is 0. The molecular formula is C11H14BNO2. The van der Waals surface area contributed by atoms with Gasteiger partial charge in [-0.1, -0.05) is 23.8 Å². The number of hydrogen-bond acceptors (Lipinski definition) is 2. The second kappa shape index (κ2) is 4.23. The van der Waals surface area contributed by atoms with Gasteiger partial charge in [0.05, 0.1) is 6.42 Å². The van der Waals surface area contributed by atoms with Gasteiger partial charge in [-0.2, -0.15) is 0 Å². The van der Waals surface area contributed by atoms with Crippen molar-refractivity contribution >= 4 is 14.0 Å². The predicted molar refractivity (Wildman–Crippen MR) is 58.4 cm³/mol. The van der Waals surface area contributed by atoms with Crippen LogP contribution in [-0.4, -0.2) is 36.5 Å². The molecule has 1 heterocycles. The van der Waals surface area contributed by atoms with Crippen LogP contribution in [0.3, 0.4) is 0 Å². The van der Waals surface area contributed by atoms with E-state index in [4.69, 9.17) is 13.1 Å². The Bertz CT molecular complexity index is 325. The standard InChI is InChI=1S/C11H14BNO2/c12-13-6-5-8-3-1-2-4-9(8)10(13)7-11(14)15/h1-3,9-10H,4-7H2,(H,14,15). The van der Waals surface area contributed by atoms with E-state index < -0.39 is 5.97 Å². The molecule has 1 fully saturated rings. The number of nitrogens with zero attached hydrogens (tertiary/aromatic N) is 1. The molecule has 1 N–H and O–H groups in total. The molecule has 2 unspecified atom stereocenters. The summed E-state index contributed by atoms with van der Waals surface area (Å²) in [6.07, 6.45) is 8.25. The van der Waals surface area contributed by atoms with E-state index in [1.807, 2.05) is 0 Å². The Morgan fingerprint density at radius 3 is 3.20 bits per heavy atom. The lowest BCUT2D eigenvalue weighted by molar-refractivity contribution is -0.138. The molecule has 2 atom stereocenters. The lowest BCUT2D eigenvalue weighted by atomic mass is 9.77. The molecule has 2 rings (SSSR count). The van der Waals surface area contributed by atoms with Crippen LogP contribution >= 0.6 is 0 Å². The van der Waals surface area contributed by atoms with Gasteiger partial charge >= 0.3 is 5.97 Å². The first-order valence-electron chi connectivity index (χ1n) is 5.27. The maximum atomic E-state index is 10.8. The molecule has 3 nitrogen and oxygen atoms in total. The fourth-order valence-corrected chi connectivity index (χ4v) is 2.46. The number of carbonyl (C=O) groups is 1. The smallest absolute Gasteiger partial charge is 0.304 e. The summed E-state index contributed by atoms with van der Waals surface area (Å²) in [5.74, 6) is -0.476. The van der Waals surface area contributed by atoms with Crippen molar-refractivity contribution in [3.8, 4) is 0 Å². The Hall–Kier alpha value is -1.03. The minimum atomic E-state index is -0.772.